The van der Waals surface area contributed by atoms with Gasteiger partial charge < -0.3 is 20.6 Å². The molecule has 0 spiro atoms. The van der Waals surface area contributed by atoms with Crippen LogP contribution in [0.1, 0.15) is 28.4 Å². The van der Waals surface area contributed by atoms with E-state index in [0.717, 1.165) is 30.3 Å². The Hall–Kier alpha value is -3.32. The van der Waals surface area contributed by atoms with E-state index >= 15 is 0 Å². The second kappa shape index (κ2) is 9.14. The molecule has 0 bridgehead atoms. The number of thiazole rings is 1. The molecule has 1 atom stereocenters. The largest absolute Gasteiger partial charge is 0.390 e. The number of carbonyl (C=O) groups is 1. The van der Waals surface area contributed by atoms with Gasteiger partial charge in [-0.05, 0) is 42.5 Å². The van der Waals surface area contributed by atoms with Crippen molar-refractivity contribution in [2.24, 2.45) is 9.50 Å². The van der Waals surface area contributed by atoms with Crippen molar-refractivity contribution in [1.29, 1.82) is 5.26 Å². The van der Waals surface area contributed by atoms with Gasteiger partial charge in [-0.15, -0.1) is 15.7 Å². The standard InChI is InChI=1S/C20H19N7O5S2/c21-7-12-6-11(4-5-23-12)14-8-24-15-3-1-2-13(15)17(14)26-19(29)27-34(22,32)16-9-25-18(33-16)20(30,31)10-28/h4-6,8-9,28,30-31H,1-3,10H2,(H3,22,24,26,27,29,32). The smallest absolute Gasteiger partial charge is 0.354 e. The Morgan fingerprint density at radius 1 is 1.32 bits per heavy atom. The maximum atomic E-state index is 12.9. The zero-order chi connectivity index (χ0) is 24.5. The number of anilines is 1. The molecule has 3 heterocycles. The summed E-state index contributed by atoms with van der Waals surface area (Å²) in [7, 11) is -3.78. The van der Waals surface area contributed by atoms with Crippen LogP contribution in [0.4, 0.5) is 10.5 Å². The lowest BCUT2D eigenvalue weighted by molar-refractivity contribution is -0.195. The van der Waals surface area contributed by atoms with Gasteiger partial charge in [-0.3, -0.25) is 4.98 Å². The SMILES string of the molecule is N#Cc1cc(-c2cnc3c(c2NC(=O)N=S(N)(=O)c2cnc(C(O)(O)CO)s2)CCC3)ccn1. The summed E-state index contributed by atoms with van der Waals surface area (Å²) in [6, 6.07) is 4.22. The lowest BCUT2D eigenvalue weighted by atomic mass is 10.0. The molecule has 3 aromatic heterocycles. The molecule has 1 aliphatic rings. The third-order valence-electron chi connectivity index (χ3n) is 5.08. The lowest BCUT2D eigenvalue weighted by Crippen LogP contribution is -2.29. The van der Waals surface area contributed by atoms with Crippen molar-refractivity contribution in [1.82, 2.24) is 15.0 Å². The molecule has 1 unspecified atom stereocenters. The number of fused-ring (bicyclic) bond motifs is 1. The summed E-state index contributed by atoms with van der Waals surface area (Å²) in [6.07, 6.45) is 6.31. The minimum absolute atomic E-state index is 0.174. The van der Waals surface area contributed by atoms with Crippen LogP contribution >= 0.6 is 11.3 Å². The highest BCUT2D eigenvalue weighted by molar-refractivity contribution is 7.93. The number of nitrogens with one attached hydrogen (secondary N) is 1. The molecule has 6 N–H and O–H groups in total. The first-order valence-electron chi connectivity index (χ1n) is 9.89. The van der Waals surface area contributed by atoms with Crippen LogP contribution in [0, 0.1) is 11.3 Å². The molecule has 0 radical (unpaired) electrons. The highest BCUT2D eigenvalue weighted by Gasteiger charge is 2.30. The number of aliphatic hydroxyl groups is 3. The van der Waals surface area contributed by atoms with Crippen LogP contribution in [0.3, 0.4) is 0 Å². The predicted molar refractivity (Wildman–Crippen MR) is 122 cm³/mol. The number of hydrogen-bond donors (Lipinski definition) is 5. The van der Waals surface area contributed by atoms with Crippen molar-refractivity contribution in [2.45, 2.75) is 29.3 Å². The van der Waals surface area contributed by atoms with Crippen LogP contribution in [0.25, 0.3) is 11.1 Å². The van der Waals surface area contributed by atoms with Crippen LogP contribution in [0.5, 0.6) is 0 Å². The summed E-state index contributed by atoms with van der Waals surface area (Å²) in [4.78, 5) is 24.9. The third-order valence-corrected chi connectivity index (χ3v) is 8.10. The van der Waals surface area contributed by atoms with Crippen molar-refractivity contribution in [3.63, 3.8) is 0 Å². The Kier molecular flexibility index (Phi) is 6.41. The highest BCUT2D eigenvalue weighted by atomic mass is 32.2. The molecule has 3 aromatic rings. The molecule has 14 heteroatoms. The number of rotatable bonds is 5. The minimum Gasteiger partial charge on any atom is -0.390 e. The maximum absolute atomic E-state index is 12.9. The molecule has 0 saturated carbocycles. The number of nitrogens with two attached hydrogens (primary N) is 1. The summed E-state index contributed by atoms with van der Waals surface area (Å²) >= 11 is 0.551. The molecule has 34 heavy (non-hydrogen) atoms. The molecule has 12 nitrogen and oxygen atoms in total. The van der Waals surface area contributed by atoms with E-state index in [1.165, 1.54) is 6.20 Å². The van der Waals surface area contributed by atoms with E-state index in [4.69, 9.17) is 10.2 Å². The quantitative estimate of drug-likeness (QED) is 0.316. The van der Waals surface area contributed by atoms with Crippen molar-refractivity contribution < 1.29 is 24.3 Å². The van der Waals surface area contributed by atoms with Gasteiger partial charge in [0, 0.05) is 23.7 Å². The maximum Gasteiger partial charge on any atom is 0.354 e. The fourth-order valence-electron chi connectivity index (χ4n) is 3.48. The van der Waals surface area contributed by atoms with Crippen molar-refractivity contribution in [3.05, 3.63) is 52.7 Å². The van der Waals surface area contributed by atoms with Crippen molar-refractivity contribution in [3.8, 4) is 17.2 Å². The zero-order valence-electron chi connectivity index (χ0n) is 17.5. The minimum atomic E-state index is -3.78. The van der Waals surface area contributed by atoms with Crippen LogP contribution in [-0.4, -0.2) is 47.1 Å². The van der Waals surface area contributed by atoms with E-state index in [1.807, 2.05) is 6.07 Å². The van der Waals surface area contributed by atoms with Crippen LogP contribution in [-0.2, 0) is 28.5 Å². The third kappa shape index (κ3) is 4.66. The fourth-order valence-corrected chi connectivity index (χ4v) is 5.52. The number of hydrogen-bond acceptors (Lipinski definition) is 10. The Bertz CT molecular complexity index is 1440. The van der Waals surface area contributed by atoms with Crippen molar-refractivity contribution >= 4 is 33.0 Å². The molecule has 0 aromatic carbocycles. The van der Waals surface area contributed by atoms with Gasteiger partial charge in [-0.25, -0.2) is 24.1 Å². The van der Waals surface area contributed by atoms with Gasteiger partial charge in [0.1, 0.15) is 22.6 Å². The van der Waals surface area contributed by atoms with Crippen LogP contribution < -0.4 is 10.5 Å². The number of aryl methyl sites for hydroxylation is 1. The number of aromatic nitrogens is 3. The Balaban J connectivity index is 1.71. The second-order valence-corrected chi connectivity index (χ2v) is 10.5. The average molecular weight is 502 g/mol. The van der Waals surface area contributed by atoms with Gasteiger partial charge >= 0.3 is 6.03 Å². The van der Waals surface area contributed by atoms with Gasteiger partial charge in [-0.1, -0.05) is 0 Å². The van der Waals surface area contributed by atoms with Crippen LogP contribution in [0.15, 0.2) is 39.3 Å². The number of carbonyl (C=O) groups excluding carboxylic acids is 1. The van der Waals surface area contributed by atoms with Crippen molar-refractivity contribution in [2.75, 3.05) is 11.9 Å². The first kappa shape index (κ1) is 23.8. The summed E-state index contributed by atoms with van der Waals surface area (Å²) in [6.45, 7) is -1.04. The van der Waals surface area contributed by atoms with Crippen LogP contribution in [0.2, 0.25) is 0 Å². The number of nitrogens with zero attached hydrogens (tertiary/aromatic N) is 5. The van der Waals surface area contributed by atoms with Gasteiger partial charge in [0.25, 0.3) is 0 Å². The number of urea groups is 1. The lowest BCUT2D eigenvalue weighted by Gasteiger charge is -2.15. The predicted octanol–water partition coefficient (Wildman–Crippen LogP) is 1.02. The molecule has 0 aliphatic heterocycles. The Labute approximate surface area is 198 Å². The first-order valence-corrected chi connectivity index (χ1v) is 12.3. The molecule has 0 fully saturated rings. The number of amides is 2. The number of pyridine rings is 2. The average Bonchev–Trinajstić information content (AvgIpc) is 3.50. The Morgan fingerprint density at radius 2 is 2.12 bits per heavy atom. The molecule has 176 valence electrons. The van der Waals surface area contributed by atoms with Gasteiger partial charge in [0.2, 0.25) is 5.79 Å². The summed E-state index contributed by atoms with van der Waals surface area (Å²) < 4.78 is 16.4. The van der Waals surface area contributed by atoms with E-state index in [1.54, 1.807) is 18.3 Å². The highest BCUT2D eigenvalue weighted by Crippen LogP contribution is 2.36. The normalized spacial score (nSPS) is 14.7. The molecular weight excluding hydrogens is 482 g/mol. The Morgan fingerprint density at radius 3 is 2.85 bits per heavy atom. The monoisotopic (exact) mass is 501 g/mol. The molecule has 0 saturated heterocycles. The van der Waals surface area contributed by atoms with E-state index in [-0.39, 0.29) is 14.9 Å². The molecule has 1 aliphatic carbocycles. The number of nitriles is 1. The zero-order valence-corrected chi connectivity index (χ0v) is 19.1. The fraction of sp³-hybridized carbons (Fsp3) is 0.250. The van der Waals surface area contributed by atoms with Gasteiger partial charge in [-0.2, -0.15) is 5.26 Å². The summed E-state index contributed by atoms with van der Waals surface area (Å²) in [5, 5.41) is 45.7. The number of aliphatic hydroxyl groups excluding tert-OH is 1. The molecule has 2 amide bonds. The molecule has 4 rings (SSSR count). The molecular formula is C20H19N7O5S2. The van der Waals surface area contributed by atoms with Gasteiger partial charge in [0.05, 0.1) is 11.9 Å². The summed E-state index contributed by atoms with van der Waals surface area (Å²) in [5.41, 5.74) is 3.40. The van der Waals surface area contributed by atoms with E-state index in [9.17, 15) is 24.5 Å². The van der Waals surface area contributed by atoms with E-state index in [0.29, 0.717) is 34.6 Å². The second-order valence-electron chi connectivity index (χ2n) is 7.42. The first-order chi connectivity index (χ1) is 16.1. The van der Waals surface area contributed by atoms with E-state index in [2.05, 4.69) is 24.6 Å². The van der Waals surface area contributed by atoms with E-state index < -0.39 is 28.3 Å². The van der Waals surface area contributed by atoms with Gasteiger partial charge in [0.15, 0.2) is 14.9 Å². The topological polar surface area (TPSA) is 208 Å². The summed E-state index contributed by atoms with van der Waals surface area (Å²) in [5.74, 6) is -2.64.